The average molecular weight is 469 g/mol. The van der Waals surface area contributed by atoms with Crippen LogP contribution in [0.25, 0.3) is 0 Å². The molecule has 180 valence electrons. The molecule has 1 fully saturated rings. The van der Waals surface area contributed by atoms with Crippen LogP contribution in [-0.2, 0) is 19.8 Å². The van der Waals surface area contributed by atoms with Crippen LogP contribution in [0.3, 0.4) is 0 Å². The lowest BCUT2D eigenvalue weighted by Gasteiger charge is -2.33. The second kappa shape index (κ2) is 8.00. The Hall–Kier alpha value is -3.62. The Morgan fingerprint density at radius 2 is 1.74 bits per heavy atom. The van der Waals surface area contributed by atoms with E-state index in [1.54, 1.807) is 11.8 Å². The molecule has 3 aliphatic rings. The molecule has 0 aromatic heterocycles. The molecule has 9 nitrogen and oxygen atoms in total. The van der Waals surface area contributed by atoms with Crippen molar-refractivity contribution in [3.05, 3.63) is 39.8 Å². The highest BCUT2D eigenvalue weighted by Crippen LogP contribution is 2.57. The van der Waals surface area contributed by atoms with Crippen LogP contribution < -0.4 is 10.1 Å². The summed E-state index contributed by atoms with van der Waals surface area (Å²) in [5.41, 5.74) is -1.20. The number of ketones is 3. The van der Waals surface area contributed by atoms with E-state index in [1.165, 1.54) is 33.8 Å². The summed E-state index contributed by atoms with van der Waals surface area (Å²) < 4.78 is 5.77. The summed E-state index contributed by atoms with van der Waals surface area (Å²) in [5.74, 6) is -2.45. The van der Waals surface area contributed by atoms with Gasteiger partial charge < -0.3 is 25.2 Å². The van der Waals surface area contributed by atoms with E-state index in [9.17, 15) is 29.4 Å². The number of fused-ring (bicyclic) bond motifs is 3. The van der Waals surface area contributed by atoms with E-state index in [4.69, 9.17) is 4.74 Å². The number of carbonyl (C=O) groups is 4. The van der Waals surface area contributed by atoms with Gasteiger partial charge >= 0.3 is 0 Å². The second-order valence-electron chi connectivity index (χ2n) is 9.31. The van der Waals surface area contributed by atoms with Gasteiger partial charge in [0.05, 0.1) is 11.1 Å². The predicted octanol–water partition coefficient (Wildman–Crippen LogP) is 2.17. The van der Waals surface area contributed by atoms with Gasteiger partial charge in [0.1, 0.15) is 34.0 Å². The standard InChI is InChI=1S/C25H28N2O7/c1-11-21(31)19(13(3)28)23-20(22(11)32)25(5)17(34-23)10-16(30)18(24(25)33)12(2)26-15-6-8-27(9-7-15)14(4)29/h10,15,26,31-32H,6-9H2,1-5H3/t25-/m0/s1. The summed E-state index contributed by atoms with van der Waals surface area (Å²) in [7, 11) is 0. The molecule has 0 radical (unpaired) electrons. The molecule has 4 rings (SSSR count). The van der Waals surface area contributed by atoms with E-state index in [1.807, 2.05) is 0 Å². The first-order valence-electron chi connectivity index (χ1n) is 11.2. The molecule has 2 heterocycles. The zero-order chi connectivity index (χ0) is 25.1. The third-order valence-corrected chi connectivity index (χ3v) is 7.12. The van der Waals surface area contributed by atoms with Crippen LogP contribution in [0, 0.1) is 6.92 Å². The van der Waals surface area contributed by atoms with Crippen molar-refractivity contribution in [1.82, 2.24) is 10.2 Å². The third-order valence-electron chi connectivity index (χ3n) is 7.12. The number of nitrogens with one attached hydrogen (secondary N) is 1. The summed E-state index contributed by atoms with van der Waals surface area (Å²) in [6.07, 6.45) is 2.56. The number of Topliss-reactive ketones (excluding diaryl/α,β-unsaturated/α-hetero) is 2. The molecule has 1 amide bonds. The molecular weight excluding hydrogens is 440 g/mol. The minimum Gasteiger partial charge on any atom is -0.507 e. The van der Waals surface area contributed by atoms with Gasteiger partial charge in [-0.15, -0.1) is 0 Å². The van der Waals surface area contributed by atoms with Gasteiger partial charge in [-0.2, -0.15) is 0 Å². The summed E-state index contributed by atoms with van der Waals surface area (Å²) in [5, 5.41) is 24.6. The highest BCUT2D eigenvalue weighted by molar-refractivity contribution is 6.31. The Morgan fingerprint density at radius 3 is 2.29 bits per heavy atom. The molecule has 0 spiro atoms. The van der Waals surface area contributed by atoms with Crippen LogP contribution in [0.5, 0.6) is 17.2 Å². The fourth-order valence-electron chi connectivity index (χ4n) is 5.08. The van der Waals surface area contributed by atoms with E-state index in [-0.39, 0.29) is 51.5 Å². The monoisotopic (exact) mass is 468 g/mol. The largest absolute Gasteiger partial charge is 0.507 e. The second-order valence-corrected chi connectivity index (χ2v) is 9.31. The van der Waals surface area contributed by atoms with Crippen LogP contribution in [0.4, 0.5) is 0 Å². The molecule has 1 aromatic rings. The fraction of sp³-hybridized carbons (Fsp3) is 0.440. The maximum atomic E-state index is 13.8. The van der Waals surface area contributed by atoms with Crippen molar-refractivity contribution < 1.29 is 34.1 Å². The third kappa shape index (κ3) is 3.29. The highest BCUT2D eigenvalue weighted by atomic mass is 16.5. The SMILES string of the molecule is CC(=O)c1c(O)c(C)c(O)c2c1OC1=CC(=O)C(=C(C)NC3CCN(C(C)=O)CC3)C(=O)[C@@]12C. The molecule has 0 saturated carbocycles. The number of hydrogen-bond donors (Lipinski definition) is 3. The van der Waals surface area contributed by atoms with Crippen LogP contribution in [0.1, 0.15) is 62.0 Å². The summed E-state index contributed by atoms with van der Waals surface area (Å²) in [6, 6.07) is -0.00842. The van der Waals surface area contributed by atoms with Crippen LogP contribution in [-0.4, -0.2) is 57.5 Å². The molecule has 0 unspecified atom stereocenters. The summed E-state index contributed by atoms with van der Waals surface area (Å²) >= 11 is 0. The Bertz CT molecular complexity index is 1220. The van der Waals surface area contributed by atoms with Crippen molar-refractivity contribution in [3.63, 3.8) is 0 Å². The maximum absolute atomic E-state index is 13.8. The lowest BCUT2D eigenvalue weighted by molar-refractivity contribution is -0.130. The van der Waals surface area contributed by atoms with Gasteiger partial charge in [0, 0.05) is 43.4 Å². The summed E-state index contributed by atoms with van der Waals surface area (Å²) in [4.78, 5) is 52.4. The zero-order valence-electron chi connectivity index (χ0n) is 19.9. The minimum absolute atomic E-state index is 0.00613. The number of phenols is 2. The van der Waals surface area contributed by atoms with Crippen molar-refractivity contribution >= 4 is 23.3 Å². The first kappa shape index (κ1) is 23.5. The normalized spacial score (nSPS) is 23.7. The van der Waals surface area contributed by atoms with Gasteiger partial charge in [-0.05, 0) is 40.5 Å². The fourth-order valence-corrected chi connectivity index (χ4v) is 5.08. The smallest absolute Gasteiger partial charge is 0.219 e. The lowest BCUT2D eigenvalue weighted by Crippen LogP contribution is -2.45. The highest BCUT2D eigenvalue weighted by Gasteiger charge is 2.56. The average Bonchev–Trinajstić information content (AvgIpc) is 3.05. The lowest BCUT2D eigenvalue weighted by atomic mass is 9.70. The first-order chi connectivity index (χ1) is 15.9. The van der Waals surface area contributed by atoms with Crippen molar-refractivity contribution in [2.45, 2.75) is 58.9 Å². The van der Waals surface area contributed by atoms with Crippen LogP contribution in [0.15, 0.2) is 23.1 Å². The molecule has 1 saturated heterocycles. The number of benzene rings is 1. The van der Waals surface area contributed by atoms with E-state index < -0.39 is 28.5 Å². The topological polar surface area (TPSA) is 133 Å². The van der Waals surface area contributed by atoms with Gasteiger partial charge in [-0.1, -0.05) is 0 Å². The van der Waals surface area contributed by atoms with E-state index in [2.05, 4.69) is 5.32 Å². The van der Waals surface area contributed by atoms with E-state index in [0.717, 1.165) is 0 Å². The van der Waals surface area contributed by atoms with Gasteiger partial charge in [0.15, 0.2) is 17.3 Å². The Morgan fingerprint density at radius 1 is 1.12 bits per heavy atom. The first-order valence-corrected chi connectivity index (χ1v) is 11.2. The number of hydrogen-bond acceptors (Lipinski definition) is 8. The van der Waals surface area contributed by atoms with Crippen molar-refractivity contribution in [1.29, 1.82) is 0 Å². The van der Waals surface area contributed by atoms with Gasteiger partial charge in [0.25, 0.3) is 0 Å². The number of ether oxygens (including phenoxy) is 1. The number of allylic oxidation sites excluding steroid dienone is 4. The van der Waals surface area contributed by atoms with Gasteiger partial charge in [0.2, 0.25) is 5.91 Å². The minimum atomic E-state index is -1.54. The molecule has 1 aromatic carbocycles. The van der Waals surface area contributed by atoms with Crippen molar-refractivity contribution in [2.24, 2.45) is 0 Å². The Labute approximate surface area is 197 Å². The number of likely N-dealkylation sites (tertiary alicyclic amines) is 1. The molecule has 1 aliphatic carbocycles. The predicted molar refractivity (Wildman–Crippen MR) is 122 cm³/mol. The molecule has 34 heavy (non-hydrogen) atoms. The number of piperidine rings is 1. The zero-order valence-corrected chi connectivity index (χ0v) is 19.9. The molecule has 3 N–H and O–H groups in total. The van der Waals surface area contributed by atoms with Crippen molar-refractivity contribution in [2.75, 3.05) is 13.1 Å². The van der Waals surface area contributed by atoms with Gasteiger partial charge in [-0.3, -0.25) is 19.2 Å². The number of nitrogens with zero attached hydrogens (tertiary/aromatic N) is 1. The molecule has 2 aliphatic heterocycles. The molecule has 1 atom stereocenters. The molecule has 0 bridgehead atoms. The van der Waals surface area contributed by atoms with Gasteiger partial charge in [-0.25, -0.2) is 0 Å². The quantitative estimate of drug-likeness (QED) is 0.349. The molecular formula is C25H28N2O7. The number of amides is 1. The van der Waals surface area contributed by atoms with E-state index in [0.29, 0.717) is 31.6 Å². The van der Waals surface area contributed by atoms with Crippen molar-refractivity contribution in [3.8, 4) is 17.2 Å². The van der Waals surface area contributed by atoms with E-state index >= 15 is 0 Å². The number of phenolic OH excluding ortho intramolecular Hbond substituents is 2. The Balaban J connectivity index is 1.76. The summed E-state index contributed by atoms with van der Waals surface area (Å²) in [6.45, 7) is 8.59. The number of carbonyl (C=O) groups excluding carboxylic acids is 4. The number of aromatic hydroxyl groups is 2. The van der Waals surface area contributed by atoms with Crippen LogP contribution in [0.2, 0.25) is 0 Å². The number of rotatable bonds is 3. The Kier molecular flexibility index (Phi) is 5.54. The maximum Gasteiger partial charge on any atom is 0.219 e. The van der Waals surface area contributed by atoms with Crippen LogP contribution >= 0.6 is 0 Å². The molecule has 9 heteroatoms.